The van der Waals surface area contributed by atoms with Gasteiger partial charge in [0.15, 0.2) is 0 Å². The van der Waals surface area contributed by atoms with Crippen molar-refractivity contribution in [2.45, 2.75) is 38.3 Å². The second-order valence-electron chi connectivity index (χ2n) is 5.15. The van der Waals surface area contributed by atoms with Crippen LogP contribution in [0.1, 0.15) is 31.2 Å². The molecule has 0 radical (unpaired) electrons. The molecule has 0 amide bonds. The molecule has 2 N–H and O–H groups in total. The molecule has 1 saturated carbocycles. The molecule has 1 aromatic carbocycles. The summed E-state index contributed by atoms with van der Waals surface area (Å²) in [6.45, 7) is 1.28. The predicted molar refractivity (Wildman–Crippen MR) is 69.3 cm³/mol. The summed E-state index contributed by atoms with van der Waals surface area (Å²) in [7, 11) is 4.26. The normalized spacial score (nSPS) is 26.7. The number of aliphatic hydroxyl groups is 1. The first-order chi connectivity index (χ1) is 8.31. The van der Waals surface area contributed by atoms with Crippen LogP contribution in [0.5, 0.6) is 0 Å². The largest absolute Gasteiger partial charge is 0.461 e. The summed E-state index contributed by atoms with van der Waals surface area (Å²) in [5.74, 6) is 0.444. The minimum atomic E-state index is 0.318. The quantitative estimate of drug-likeness (QED) is 0.755. The van der Waals surface area contributed by atoms with Crippen LogP contribution in [0.2, 0.25) is 0 Å². The van der Waals surface area contributed by atoms with E-state index in [1.165, 1.54) is 29.7 Å². The van der Waals surface area contributed by atoms with Gasteiger partial charge < -0.3 is 10.0 Å². The lowest BCUT2D eigenvalue weighted by Gasteiger charge is -2.38. The lowest BCUT2D eigenvalue weighted by atomic mass is 9.84. The van der Waals surface area contributed by atoms with Gasteiger partial charge in [-0.25, -0.2) is 0 Å². The number of nitrogens with one attached hydrogen (secondary N) is 1. The SMILES string of the molecule is [CH2-][NH+](Cc1ccccc1)[C@@H]1CCCC[C@@H]1CO. The van der Waals surface area contributed by atoms with E-state index in [1.54, 1.807) is 0 Å². The Kier molecular flexibility index (Phi) is 4.57. The number of rotatable bonds is 4. The van der Waals surface area contributed by atoms with Gasteiger partial charge in [-0.15, -0.1) is 0 Å². The summed E-state index contributed by atoms with van der Waals surface area (Å²) in [5.41, 5.74) is 1.33. The maximum atomic E-state index is 9.44. The Morgan fingerprint density at radius 3 is 2.59 bits per heavy atom. The van der Waals surface area contributed by atoms with Crippen LogP contribution in [-0.4, -0.2) is 17.8 Å². The zero-order valence-corrected chi connectivity index (χ0v) is 10.4. The Labute approximate surface area is 104 Å². The van der Waals surface area contributed by atoms with E-state index in [0.717, 1.165) is 13.0 Å². The van der Waals surface area contributed by atoms with Gasteiger partial charge in [0.05, 0.1) is 19.2 Å². The topological polar surface area (TPSA) is 24.7 Å². The molecule has 17 heavy (non-hydrogen) atoms. The fourth-order valence-electron chi connectivity index (χ4n) is 2.95. The minimum Gasteiger partial charge on any atom is -0.461 e. The van der Waals surface area contributed by atoms with Crippen LogP contribution in [0, 0.1) is 13.0 Å². The van der Waals surface area contributed by atoms with E-state index in [4.69, 9.17) is 0 Å². The van der Waals surface area contributed by atoms with E-state index in [1.807, 2.05) is 6.07 Å². The Morgan fingerprint density at radius 2 is 1.88 bits per heavy atom. The molecule has 0 aliphatic heterocycles. The number of benzene rings is 1. The molecule has 0 saturated heterocycles. The number of aliphatic hydroxyl groups excluding tert-OH is 1. The molecular weight excluding hydrogens is 210 g/mol. The molecule has 0 bridgehead atoms. The van der Waals surface area contributed by atoms with Crippen molar-refractivity contribution in [2.24, 2.45) is 5.92 Å². The molecule has 0 heterocycles. The van der Waals surface area contributed by atoms with Gasteiger partial charge in [0, 0.05) is 11.5 Å². The lowest BCUT2D eigenvalue weighted by Crippen LogP contribution is -3.10. The summed E-state index contributed by atoms with van der Waals surface area (Å²) in [6, 6.07) is 11.0. The number of hydrogen-bond donors (Lipinski definition) is 2. The molecule has 1 unspecified atom stereocenters. The third-order valence-corrected chi connectivity index (χ3v) is 3.94. The first-order valence-corrected chi connectivity index (χ1v) is 6.63. The Bertz CT molecular complexity index is 325. The van der Waals surface area contributed by atoms with Gasteiger partial charge in [0.1, 0.15) is 0 Å². The van der Waals surface area contributed by atoms with Gasteiger partial charge in [-0.1, -0.05) is 36.8 Å². The van der Waals surface area contributed by atoms with E-state index < -0.39 is 0 Å². The van der Waals surface area contributed by atoms with E-state index in [9.17, 15) is 5.11 Å². The highest BCUT2D eigenvalue weighted by Gasteiger charge is 2.28. The summed E-state index contributed by atoms with van der Waals surface area (Å²) < 4.78 is 0. The van der Waals surface area contributed by atoms with Gasteiger partial charge in [-0.2, -0.15) is 7.05 Å². The summed E-state index contributed by atoms with van der Waals surface area (Å²) >= 11 is 0. The Balaban J connectivity index is 1.96. The summed E-state index contributed by atoms with van der Waals surface area (Å²) in [4.78, 5) is 1.30. The van der Waals surface area contributed by atoms with E-state index in [-0.39, 0.29) is 0 Å². The lowest BCUT2D eigenvalue weighted by molar-refractivity contribution is -0.900. The molecular formula is C15H23NO. The van der Waals surface area contributed by atoms with Crippen molar-refractivity contribution in [3.63, 3.8) is 0 Å². The van der Waals surface area contributed by atoms with Crippen molar-refractivity contribution in [2.75, 3.05) is 6.61 Å². The monoisotopic (exact) mass is 233 g/mol. The van der Waals surface area contributed by atoms with Crippen molar-refractivity contribution in [3.05, 3.63) is 42.9 Å². The minimum absolute atomic E-state index is 0.318. The van der Waals surface area contributed by atoms with E-state index in [0.29, 0.717) is 18.6 Å². The Morgan fingerprint density at radius 1 is 1.18 bits per heavy atom. The van der Waals surface area contributed by atoms with Gasteiger partial charge in [-0.05, 0) is 19.3 Å². The number of quaternary nitrogens is 1. The van der Waals surface area contributed by atoms with Crippen LogP contribution in [0.4, 0.5) is 0 Å². The van der Waals surface area contributed by atoms with E-state index in [2.05, 4.69) is 31.3 Å². The van der Waals surface area contributed by atoms with Crippen molar-refractivity contribution < 1.29 is 10.0 Å². The second-order valence-corrected chi connectivity index (χ2v) is 5.15. The molecule has 2 nitrogen and oxygen atoms in total. The van der Waals surface area contributed by atoms with Crippen molar-refractivity contribution in [1.82, 2.24) is 0 Å². The van der Waals surface area contributed by atoms with Crippen LogP contribution in [0.15, 0.2) is 30.3 Å². The highest BCUT2D eigenvalue weighted by Crippen LogP contribution is 2.22. The van der Waals surface area contributed by atoms with Crippen LogP contribution >= 0.6 is 0 Å². The van der Waals surface area contributed by atoms with Gasteiger partial charge >= 0.3 is 0 Å². The van der Waals surface area contributed by atoms with Crippen LogP contribution in [0.3, 0.4) is 0 Å². The molecule has 3 atom stereocenters. The van der Waals surface area contributed by atoms with Crippen molar-refractivity contribution in [1.29, 1.82) is 0 Å². The highest BCUT2D eigenvalue weighted by atomic mass is 16.3. The molecule has 2 rings (SSSR count). The molecule has 1 aliphatic rings. The summed E-state index contributed by atoms with van der Waals surface area (Å²) in [5, 5.41) is 9.44. The average molecular weight is 233 g/mol. The first-order valence-electron chi connectivity index (χ1n) is 6.63. The van der Waals surface area contributed by atoms with Gasteiger partial charge in [-0.3, -0.25) is 0 Å². The highest BCUT2D eigenvalue weighted by molar-refractivity contribution is 5.13. The zero-order chi connectivity index (χ0) is 12.1. The third kappa shape index (κ3) is 3.30. The first kappa shape index (κ1) is 12.6. The van der Waals surface area contributed by atoms with Gasteiger partial charge in [0.2, 0.25) is 0 Å². The molecule has 1 fully saturated rings. The predicted octanol–water partition coefficient (Wildman–Crippen LogP) is 1.41. The van der Waals surface area contributed by atoms with E-state index >= 15 is 0 Å². The second kappa shape index (κ2) is 6.18. The maximum Gasteiger partial charge on any atom is 0.0789 e. The molecule has 0 aromatic heterocycles. The third-order valence-electron chi connectivity index (χ3n) is 3.94. The Hall–Kier alpha value is -0.860. The fourth-order valence-corrected chi connectivity index (χ4v) is 2.95. The maximum absolute atomic E-state index is 9.44. The molecule has 1 aliphatic carbocycles. The number of hydrogen-bond acceptors (Lipinski definition) is 1. The van der Waals surface area contributed by atoms with Crippen molar-refractivity contribution >= 4 is 0 Å². The van der Waals surface area contributed by atoms with Crippen LogP contribution < -0.4 is 4.90 Å². The average Bonchev–Trinajstić information content (AvgIpc) is 2.40. The standard InChI is InChI=1S/C15H23NO/c1-16(11-13-7-3-2-4-8-13)15-10-6-5-9-14(15)12-17/h2-4,7-8,14-17H,1,5-6,9-12H2/t14-,15-/m1/s1. The molecule has 94 valence electrons. The smallest absolute Gasteiger partial charge is 0.0789 e. The summed E-state index contributed by atoms with van der Waals surface area (Å²) in [6.07, 6.45) is 4.92. The molecule has 1 aromatic rings. The van der Waals surface area contributed by atoms with Crippen LogP contribution in [-0.2, 0) is 6.54 Å². The zero-order valence-electron chi connectivity index (χ0n) is 10.4. The molecule has 0 spiro atoms. The molecule has 2 heteroatoms. The fraction of sp³-hybridized carbons (Fsp3) is 0.533. The van der Waals surface area contributed by atoms with Gasteiger partial charge in [0.25, 0.3) is 0 Å². The van der Waals surface area contributed by atoms with Crippen LogP contribution in [0.25, 0.3) is 0 Å². The van der Waals surface area contributed by atoms with Crippen molar-refractivity contribution in [3.8, 4) is 0 Å².